The highest BCUT2D eigenvalue weighted by molar-refractivity contribution is 6.42. The number of β-amino-alcohol motifs (C(OH)–C–C–N with tert-alkyl or cyclic N) is 1. The van der Waals surface area contributed by atoms with Gasteiger partial charge in [0.2, 0.25) is 5.91 Å². The molecule has 2 aromatic rings. The zero-order chi connectivity index (χ0) is 26.8. The van der Waals surface area contributed by atoms with E-state index < -0.39 is 11.0 Å². The number of hydrogen-bond acceptors (Lipinski definition) is 5. The van der Waals surface area contributed by atoms with Crippen LogP contribution in [0.25, 0.3) is 0 Å². The number of aliphatic hydroxyl groups is 1. The molecule has 8 heteroatoms. The maximum atomic E-state index is 13.3. The fraction of sp³-hybridized carbons (Fsp3) is 0.448. The van der Waals surface area contributed by atoms with Crippen LogP contribution in [0.3, 0.4) is 0 Å². The predicted octanol–water partition coefficient (Wildman–Crippen LogP) is 5.03. The van der Waals surface area contributed by atoms with Gasteiger partial charge in [-0.05, 0) is 67.6 Å². The molecular weight excluding hydrogens is 511 g/mol. The first-order valence-corrected chi connectivity index (χ1v) is 13.4. The molecule has 6 nitrogen and oxygen atoms in total. The van der Waals surface area contributed by atoms with E-state index in [9.17, 15) is 14.7 Å². The Morgan fingerprint density at radius 2 is 2.00 bits per heavy atom. The molecule has 0 aromatic heterocycles. The maximum absolute atomic E-state index is 13.3. The lowest BCUT2D eigenvalue weighted by molar-refractivity contribution is -0.146. The van der Waals surface area contributed by atoms with Crippen LogP contribution in [-0.2, 0) is 21.4 Å². The number of halogens is 2. The number of ether oxygens (including phenoxy) is 1. The Kier molecular flexibility index (Phi) is 8.34. The molecule has 1 heterocycles. The number of nitrogens with zero attached hydrogens (tertiary/aromatic N) is 2. The summed E-state index contributed by atoms with van der Waals surface area (Å²) in [5, 5.41) is 13.1. The number of likely N-dealkylation sites (N-methyl/N-ethyl adjacent to an activating group) is 1. The van der Waals surface area contributed by atoms with Crippen LogP contribution >= 0.6 is 23.2 Å². The van der Waals surface area contributed by atoms with E-state index in [2.05, 4.69) is 11.5 Å². The maximum Gasteiger partial charge on any atom is 0.308 e. The highest BCUT2D eigenvalue weighted by Gasteiger charge is 2.58. The number of carbonyl (C=O) groups excluding carboxylic acids is 2. The first-order valence-electron chi connectivity index (χ1n) is 12.6. The lowest BCUT2D eigenvalue weighted by Gasteiger charge is -2.59. The smallest absolute Gasteiger partial charge is 0.308 e. The third-order valence-electron chi connectivity index (χ3n) is 8.02. The number of esters is 1. The van der Waals surface area contributed by atoms with Crippen molar-refractivity contribution in [3.63, 3.8) is 0 Å². The average Bonchev–Trinajstić information content (AvgIpc) is 2.85. The molecule has 3 unspecified atom stereocenters. The number of carbonyl (C=O) groups is 2. The third-order valence-corrected chi connectivity index (χ3v) is 8.76. The number of hydrogen-bond donors (Lipinski definition) is 1. The van der Waals surface area contributed by atoms with Crippen LogP contribution < -0.4 is 4.74 Å². The van der Waals surface area contributed by atoms with Gasteiger partial charge in [0.25, 0.3) is 0 Å². The van der Waals surface area contributed by atoms with Crippen molar-refractivity contribution < 1.29 is 19.4 Å². The Labute approximate surface area is 228 Å². The lowest BCUT2D eigenvalue weighted by Crippen LogP contribution is -2.67. The van der Waals surface area contributed by atoms with Gasteiger partial charge in [-0.3, -0.25) is 14.5 Å². The van der Waals surface area contributed by atoms with Crippen LogP contribution in [0, 0.1) is 0 Å². The Morgan fingerprint density at radius 3 is 2.70 bits per heavy atom. The second kappa shape index (κ2) is 11.2. The summed E-state index contributed by atoms with van der Waals surface area (Å²) in [6.07, 6.45) is 4.64. The first kappa shape index (κ1) is 27.6. The van der Waals surface area contributed by atoms with Crippen molar-refractivity contribution in [2.45, 2.75) is 56.1 Å². The Balaban J connectivity index is 1.63. The van der Waals surface area contributed by atoms with E-state index in [-0.39, 0.29) is 24.3 Å². The van der Waals surface area contributed by atoms with Crippen molar-refractivity contribution in [2.24, 2.45) is 0 Å². The average molecular weight is 546 g/mol. The minimum atomic E-state index is -0.993. The standard InChI is InChI=1S/C29H34Cl2N2O4/c1-4-13-33-14-12-28(22-6-5-7-24(17-22)37-20(2)34)18-23(10-11-29(28,36)19-33)32(3)27(35)16-21-8-9-25(30)26(31)15-21/h4-9,15,17,23,36H,1,10-14,16,18-19H2,2-3H3. The van der Waals surface area contributed by atoms with Gasteiger partial charge in [0.1, 0.15) is 5.75 Å². The van der Waals surface area contributed by atoms with Gasteiger partial charge in [-0.2, -0.15) is 0 Å². The van der Waals surface area contributed by atoms with Gasteiger partial charge in [0.05, 0.1) is 22.1 Å². The van der Waals surface area contributed by atoms with E-state index in [1.165, 1.54) is 6.92 Å². The van der Waals surface area contributed by atoms with Crippen molar-refractivity contribution in [3.05, 3.63) is 76.3 Å². The molecule has 3 atom stereocenters. The molecule has 2 aromatic carbocycles. The molecule has 1 amide bonds. The quantitative estimate of drug-likeness (QED) is 0.300. The summed E-state index contributed by atoms with van der Waals surface area (Å²) in [7, 11) is 1.84. The Bertz CT molecular complexity index is 1190. The van der Waals surface area contributed by atoms with Crippen molar-refractivity contribution in [1.82, 2.24) is 9.80 Å². The second-order valence-corrected chi connectivity index (χ2v) is 11.1. The van der Waals surface area contributed by atoms with Gasteiger partial charge >= 0.3 is 5.97 Å². The third kappa shape index (κ3) is 5.73. The number of piperidine rings is 1. The zero-order valence-electron chi connectivity index (χ0n) is 21.4. The summed E-state index contributed by atoms with van der Waals surface area (Å²) in [6.45, 7) is 7.25. The van der Waals surface area contributed by atoms with Crippen LogP contribution in [0.1, 0.15) is 43.7 Å². The molecule has 1 aliphatic heterocycles. The molecule has 1 saturated heterocycles. The van der Waals surface area contributed by atoms with E-state index >= 15 is 0 Å². The summed E-state index contributed by atoms with van der Waals surface area (Å²) < 4.78 is 5.38. The van der Waals surface area contributed by atoms with Crippen LogP contribution in [0.15, 0.2) is 55.1 Å². The summed E-state index contributed by atoms with van der Waals surface area (Å²) in [5.41, 5.74) is 0.150. The minimum absolute atomic E-state index is 0.0123. The number of benzene rings is 2. The normalized spacial score (nSPS) is 25.7. The monoisotopic (exact) mass is 544 g/mol. The van der Waals surface area contributed by atoms with Crippen LogP contribution in [0.2, 0.25) is 10.0 Å². The van der Waals surface area contributed by atoms with Gasteiger partial charge in [-0.1, -0.05) is 47.5 Å². The van der Waals surface area contributed by atoms with Crippen molar-refractivity contribution in [3.8, 4) is 5.75 Å². The first-order chi connectivity index (χ1) is 17.6. The molecule has 0 radical (unpaired) electrons. The number of fused-ring (bicyclic) bond motifs is 1. The summed E-state index contributed by atoms with van der Waals surface area (Å²) in [4.78, 5) is 29.0. The molecule has 0 spiro atoms. The second-order valence-electron chi connectivity index (χ2n) is 10.3. The van der Waals surface area contributed by atoms with Crippen LogP contribution in [-0.4, -0.2) is 65.1 Å². The van der Waals surface area contributed by atoms with Gasteiger partial charge < -0.3 is 14.7 Å². The zero-order valence-corrected chi connectivity index (χ0v) is 22.9. The van der Waals surface area contributed by atoms with Crippen molar-refractivity contribution in [2.75, 3.05) is 26.7 Å². The van der Waals surface area contributed by atoms with Gasteiger partial charge in [-0.25, -0.2) is 0 Å². The predicted molar refractivity (Wildman–Crippen MR) is 146 cm³/mol. The fourth-order valence-corrected chi connectivity index (χ4v) is 6.40. The van der Waals surface area contributed by atoms with E-state index in [0.717, 1.165) is 17.7 Å². The summed E-state index contributed by atoms with van der Waals surface area (Å²) >= 11 is 12.2. The molecule has 37 heavy (non-hydrogen) atoms. The topological polar surface area (TPSA) is 70.1 Å². The van der Waals surface area contributed by atoms with E-state index in [4.69, 9.17) is 27.9 Å². The fourth-order valence-electron chi connectivity index (χ4n) is 6.08. The number of amides is 1. The van der Waals surface area contributed by atoms with E-state index in [1.54, 1.807) is 18.2 Å². The molecule has 1 N–H and O–H groups in total. The molecule has 0 bridgehead atoms. The van der Waals surface area contributed by atoms with E-state index in [0.29, 0.717) is 54.6 Å². The summed E-state index contributed by atoms with van der Waals surface area (Å²) in [5.74, 6) is 0.0584. The number of rotatable bonds is 7. The van der Waals surface area contributed by atoms with E-state index in [1.807, 2.05) is 42.3 Å². The van der Waals surface area contributed by atoms with Crippen LogP contribution in [0.5, 0.6) is 5.75 Å². The summed E-state index contributed by atoms with van der Waals surface area (Å²) in [6, 6.07) is 12.7. The largest absolute Gasteiger partial charge is 0.427 e. The molecule has 198 valence electrons. The SMILES string of the molecule is C=CCN1CCC2(c3cccc(OC(C)=O)c3)CC(N(C)C(=O)Cc3ccc(Cl)c(Cl)c3)CCC2(O)C1. The highest BCUT2D eigenvalue weighted by Crippen LogP contribution is 2.53. The van der Waals surface area contributed by atoms with Gasteiger partial charge in [0.15, 0.2) is 0 Å². The van der Waals surface area contributed by atoms with Gasteiger partial charge in [-0.15, -0.1) is 6.58 Å². The lowest BCUT2D eigenvalue weighted by atomic mass is 9.55. The Hall–Kier alpha value is -2.38. The molecular formula is C29H34Cl2N2O4. The van der Waals surface area contributed by atoms with Crippen molar-refractivity contribution in [1.29, 1.82) is 0 Å². The van der Waals surface area contributed by atoms with Crippen LogP contribution in [0.4, 0.5) is 0 Å². The molecule has 2 aliphatic rings. The van der Waals surface area contributed by atoms with Crippen molar-refractivity contribution >= 4 is 35.1 Å². The van der Waals surface area contributed by atoms with Gasteiger partial charge in [0, 0.05) is 38.5 Å². The number of likely N-dealkylation sites (tertiary alicyclic amines) is 1. The Morgan fingerprint density at radius 1 is 1.22 bits per heavy atom. The molecule has 4 rings (SSSR count). The highest BCUT2D eigenvalue weighted by atomic mass is 35.5. The molecule has 1 saturated carbocycles. The molecule has 2 fully saturated rings. The molecule has 1 aliphatic carbocycles. The minimum Gasteiger partial charge on any atom is -0.427 e.